The Bertz CT molecular complexity index is 315. The van der Waals surface area contributed by atoms with Crippen LogP contribution in [0.3, 0.4) is 0 Å². The van der Waals surface area contributed by atoms with Gasteiger partial charge < -0.3 is 20.0 Å². The smallest absolute Gasteiger partial charge is 0.326 e. The van der Waals surface area contributed by atoms with Crippen LogP contribution in [0.2, 0.25) is 0 Å². The fraction of sp³-hybridized carbons (Fsp3) is 0.818. The molecule has 2 saturated heterocycles. The molecular weight excluding hydrogens is 224 g/mol. The monoisotopic (exact) mass is 242 g/mol. The van der Waals surface area contributed by atoms with Crippen molar-refractivity contribution in [2.75, 3.05) is 19.6 Å². The van der Waals surface area contributed by atoms with Gasteiger partial charge in [-0.1, -0.05) is 0 Å². The van der Waals surface area contributed by atoms with E-state index < -0.39 is 18.1 Å². The molecule has 2 N–H and O–H groups in total. The largest absolute Gasteiger partial charge is 0.480 e. The van der Waals surface area contributed by atoms with Crippen LogP contribution in [0.4, 0.5) is 4.79 Å². The number of aliphatic carboxylic acids is 1. The van der Waals surface area contributed by atoms with Crippen LogP contribution in [0.1, 0.15) is 25.7 Å². The Morgan fingerprint density at radius 3 is 2.35 bits per heavy atom. The molecule has 17 heavy (non-hydrogen) atoms. The minimum Gasteiger partial charge on any atom is -0.480 e. The van der Waals surface area contributed by atoms with Crippen molar-refractivity contribution >= 4 is 12.0 Å². The van der Waals surface area contributed by atoms with E-state index in [0.29, 0.717) is 13.1 Å². The van der Waals surface area contributed by atoms with Gasteiger partial charge in [0.2, 0.25) is 0 Å². The summed E-state index contributed by atoms with van der Waals surface area (Å²) in [5.74, 6) is -1.04. The molecule has 2 aliphatic heterocycles. The molecule has 0 bridgehead atoms. The molecule has 0 saturated carbocycles. The van der Waals surface area contributed by atoms with Gasteiger partial charge in [-0.15, -0.1) is 0 Å². The number of hydrogen-bond acceptors (Lipinski definition) is 3. The van der Waals surface area contributed by atoms with E-state index in [4.69, 9.17) is 5.11 Å². The van der Waals surface area contributed by atoms with Crippen molar-refractivity contribution in [3.63, 3.8) is 0 Å². The van der Waals surface area contributed by atoms with Gasteiger partial charge in [-0.25, -0.2) is 9.59 Å². The zero-order chi connectivity index (χ0) is 12.4. The third-order valence-corrected chi connectivity index (χ3v) is 3.44. The molecule has 2 amide bonds. The molecule has 2 fully saturated rings. The normalized spacial score (nSPS) is 29.5. The van der Waals surface area contributed by atoms with Crippen molar-refractivity contribution < 1.29 is 19.8 Å². The van der Waals surface area contributed by atoms with Gasteiger partial charge in [-0.3, -0.25) is 0 Å². The Balaban J connectivity index is 2.04. The van der Waals surface area contributed by atoms with Gasteiger partial charge in [0.1, 0.15) is 6.04 Å². The van der Waals surface area contributed by atoms with E-state index in [1.54, 1.807) is 4.90 Å². The van der Waals surface area contributed by atoms with Gasteiger partial charge in [0, 0.05) is 26.1 Å². The second-order valence-electron chi connectivity index (χ2n) is 4.73. The van der Waals surface area contributed by atoms with Gasteiger partial charge >= 0.3 is 12.0 Å². The zero-order valence-electron chi connectivity index (χ0n) is 9.71. The number of β-amino-alcohol motifs (C(OH)–C–C–N with tert-alkyl or cyclic N) is 1. The van der Waals surface area contributed by atoms with E-state index in [1.807, 2.05) is 0 Å². The number of hydrogen-bond donors (Lipinski definition) is 2. The molecule has 0 spiro atoms. The van der Waals surface area contributed by atoms with Crippen LogP contribution in [0, 0.1) is 0 Å². The number of rotatable bonds is 1. The third-order valence-electron chi connectivity index (χ3n) is 3.44. The fourth-order valence-corrected chi connectivity index (χ4v) is 2.53. The number of aliphatic hydroxyl groups is 1. The van der Waals surface area contributed by atoms with Crippen LogP contribution in [0.15, 0.2) is 0 Å². The first-order chi connectivity index (χ1) is 8.09. The van der Waals surface area contributed by atoms with Crippen LogP contribution >= 0.6 is 0 Å². The summed E-state index contributed by atoms with van der Waals surface area (Å²) in [5, 5.41) is 18.5. The number of aliphatic hydroxyl groups excluding tert-OH is 1. The molecule has 6 heteroatoms. The van der Waals surface area contributed by atoms with E-state index in [-0.39, 0.29) is 19.0 Å². The van der Waals surface area contributed by atoms with Crippen molar-refractivity contribution in [3.8, 4) is 0 Å². The van der Waals surface area contributed by atoms with Crippen molar-refractivity contribution in [2.24, 2.45) is 0 Å². The summed E-state index contributed by atoms with van der Waals surface area (Å²) >= 11 is 0. The maximum Gasteiger partial charge on any atom is 0.326 e. The highest BCUT2D eigenvalue weighted by Crippen LogP contribution is 2.21. The molecule has 0 aromatic rings. The van der Waals surface area contributed by atoms with Crippen LogP contribution in [0.5, 0.6) is 0 Å². The van der Waals surface area contributed by atoms with Gasteiger partial charge in [0.15, 0.2) is 0 Å². The van der Waals surface area contributed by atoms with Crippen LogP contribution in [-0.2, 0) is 4.79 Å². The maximum atomic E-state index is 12.1. The van der Waals surface area contributed by atoms with Crippen LogP contribution in [0.25, 0.3) is 0 Å². The van der Waals surface area contributed by atoms with Gasteiger partial charge in [-0.2, -0.15) is 0 Å². The number of carbonyl (C=O) groups is 2. The first-order valence-corrected chi connectivity index (χ1v) is 6.06. The first kappa shape index (κ1) is 12.2. The predicted octanol–water partition coefficient (Wildman–Crippen LogP) is 0.112. The lowest BCUT2D eigenvalue weighted by atomic mass is 10.1. The number of carboxylic acid groups (broad SMARTS) is 1. The summed E-state index contributed by atoms with van der Waals surface area (Å²) in [5.41, 5.74) is 0. The summed E-state index contributed by atoms with van der Waals surface area (Å²) in [6, 6.07) is -1.12. The lowest BCUT2D eigenvalue weighted by molar-refractivity contribution is -0.141. The summed E-state index contributed by atoms with van der Waals surface area (Å²) in [4.78, 5) is 26.1. The highest BCUT2D eigenvalue weighted by Gasteiger charge is 2.40. The summed E-state index contributed by atoms with van der Waals surface area (Å²) in [6.07, 6.45) is 2.48. The fourth-order valence-electron chi connectivity index (χ4n) is 2.53. The lowest BCUT2D eigenvalue weighted by Crippen LogP contribution is -2.49. The quantitative estimate of drug-likeness (QED) is 0.684. The van der Waals surface area contributed by atoms with Crippen LogP contribution < -0.4 is 0 Å². The molecule has 2 aliphatic rings. The van der Waals surface area contributed by atoms with Crippen molar-refractivity contribution in [1.29, 1.82) is 0 Å². The molecule has 2 rings (SSSR count). The standard InChI is InChI=1S/C11H18N2O4/c14-8-6-9(10(15)16)13(7-8)11(17)12-4-2-1-3-5-12/h8-9,14H,1-7H2,(H,15,16)/t8-,9+/m1/s1. The minimum absolute atomic E-state index is 0.131. The highest BCUT2D eigenvalue weighted by molar-refractivity contribution is 5.83. The second-order valence-corrected chi connectivity index (χ2v) is 4.73. The molecule has 2 heterocycles. The third kappa shape index (κ3) is 2.52. The van der Waals surface area contributed by atoms with Crippen molar-refractivity contribution in [2.45, 2.75) is 37.8 Å². The van der Waals surface area contributed by atoms with E-state index in [2.05, 4.69) is 0 Å². The topological polar surface area (TPSA) is 81.1 Å². The molecule has 0 radical (unpaired) electrons. The lowest BCUT2D eigenvalue weighted by Gasteiger charge is -2.32. The minimum atomic E-state index is -1.04. The number of carboxylic acids is 1. The predicted molar refractivity (Wildman–Crippen MR) is 59.6 cm³/mol. The molecular formula is C11H18N2O4. The number of nitrogens with zero attached hydrogens (tertiary/aromatic N) is 2. The number of carbonyl (C=O) groups excluding carboxylic acids is 1. The van der Waals surface area contributed by atoms with Gasteiger partial charge in [0.25, 0.3) is 0 Å². The van der Waals surface area contributed by atoms with E-state index in [9.17, 15) is 14.7 Å². The average molecular weight is 242 g/mol. The number of urea groups is 1. The molecule has 2 atom stereocenters. The van der Waals surface area contributed by atoms with E-state index in [0.717, 1.165) is 19.3 Å². The Labute approximate surface area is 99.8 Å². The Kier molecular flexibility index (Phi) is 3.51. The Morgan fingerprint density at radius 1 is 1.12 bits per heavy atom. The summed E-state index contributed by atoms with van der Waals surface area (Å²) < 4.78 is 0. The van der Waals surface area contributed by atoms with E-state index >= 15 is 0 Å². The molecule has 0 aromatic heterocycles. The van der Waals surface area contributed by atoms with Crippen molar-refractivity contribution in [3.05, 3.63) is 0 Å². The number of likely N-dealkylation sites (tertiary alicyclic amines) is 2. The second kappa shape index (κ2) is 4.91. The van der Waals surface area contributed by atoms with Crippen LogP contribution in [-0.4, -0.2) is 63.8 Å². The Hall–Kier alpha value is -1.30. The van der Waals surface area contributed by atoms with Crippen molar-refractivity contribution in [1.82, 2.24) is 9.80 Å². The maximum absolute atomic E-state index is 12.1. The molecule has 0 aromatic carbocycles. The molecule has 0 aliphatic carbocycles. The number of amides is 2. The van der Waals surface area contributed by atoms with Gasteiger partial charge in [-0.05, 0) is 19.3 Å². The first-order valence-electron chi connectivity index (χ1n) is 6.06. The highest BCUT2D eigenvalue weighted by atomic mass is 16.4. The molecule has 6 nitrogen and oxygen atoms in total. The SMILES string of the molecule is O=C(O)[C@@H]1C[C@@H](O)CN1C(=O)N1CCCCC1. The zero-order valence-corrected chi connectivity index (χ0v) is 9.71. The average Bonchev–Trinajstić information content (AvgIpc) is 2.72. The summed E-state index contributed by atoms with van der Waals surface area (Å²) in [7, 11) is 0. The Morgan fingerprint density at radius 2 is 1.76 bits per heavy atom. The van der Waals surface area contributed by atoms with Gasteiger partial charge in [0.05, 0.1) is 6.10 Å². The van der Waals surface area contributed by atoms with E-state index in [1.165, 1.54) is 4.90 Å². The number of piperidine rings is 1. The molecule has 96 valence electrons. The summed E-state index contributed by atoms with van der Waals surface area (Å²) in [6.45, 7) is 1.52. The molecule has 0 unspecified atom stereocenters.